The average molecular weight is 254 g/mol. The third kappa shape index (κ3) is 2.18. The van der Waals surface area contributed by atoms with Crippen LogP contribution in [0, 0.1) is 6.92 Å². The van der Waals surface area contributed by atoms with Gasteiger partial charge in [0.2, 0.25) is 0 Å². The molecular weight excluding hydrogens is 242 g/mol. The van der Waals surface area contributed by atoms with Gasteiger partial charge in [-0.1, -0.05) is 29.3 Å². The van der Waals surface area contributed by atoms with E-state index in [4.69, 9.17) is 11.6 Å². The average Bonchev–Trinajstić information content (AvgIpc) is 2.69. The van der Waals surface area contributed by atoms with Crippen molar-refractivity contribution >= 4 is 34.8 Å². The summed E-state index contributed by atoms with van der Waals surface area (Å²) in [5, 5.41) is 0.465. The number of anilines is 2. The van der Waals surface area contributed by atoms with Crippen molar-refractivity contribution in [2.75, 3.05) is 11.4 Å². The van der Waals surface area contributed by atoms with Crippen molar-refractivity contribution in [2.24, 2.45) is 0 Å². The number of benzene rings is 1. The van der Waals surface area contributed by atoms with Crippen molar-refractivity contribution < 1.29 is 0 Å². The van der Waals surface area contributed by atoms with Gasteiger partial charge in [-0.2, -0.15) is 8.75 Å². The van der Waals surface area contributed by atoms with Gasteiger partial charge in [-0.3, -0.25) is 0 Å². The maximum absolute atomic E-state index is 5.99. The van der Waals surface area contributed by atoms with Crippen LogP contribution in [0.15, 0.2) is 24.3 Å². The van der Waals surface area contributed by atoms with Crippen molar-refractivity contribution in [3.63, 3.8) is 0 Å². The molecule has 2 rings (SSSR count). The summed E-state index contributed by atoms with van der Waals surface area (Å²) in [5.74, 6) is 0.734. The Morgan fingerprint density at radius 1 is 1.25 bits per heavy atom. The molecule has 0 aliphatic heterocycles. The quantitative estimate of drug-likeness (QED) is 0.836. The molecule has 0 aliphatic rings. The second-order valence-electron chi connectivity index (χ2n) is 3.46. The van der Waals surface area contributed by atoms with Crippen molar-refractivity contribution in [1.82, 2.24) is 8.75 Å². The Bertz CT molecular complexity index is 466. The second-order valence-corrected chi connectivity index (χ2v) is 4.34. The first-order chi connectivity index (χ1) is 7.72. The van der Waals surface area contributed by atoms with Crippen LogP contribution in [-0.2, 0) is 0 Å². The fraction of sp³-hybridized carbons (Fsp3) is 0.273. The largest absolute Gasteiger partial charge is 0.323 e. The van der Waals surface area contributed by atoms with E-state index in [1.54, 1.807) is 0 Å². The molecule has 0 aliphatic carbocycles. The molecule has 0 saturated carbocycles. The van der Waals surface area contributed by atoms with E-state index in [1.807, 2.05) is 4.90 Å². The molecule has 0 amide bonds. The summed E-state index contributed by atoms with van der Waals surface area (Å²) in [6.45, 7) is 4.95. The third-order valence-corrected chi connectivity index (χ3v) is 3.22. The van der Waals surface area contributed by atoms with Crippen LogP contribution in [0.4, 0.5) is 11.5 Å². The van der Waals surface area contributed by atoms with E-state index in [0.29, 0.717) is 5.15 Å². The van der Waals surface area contributed by atoms with Crippen molar-refractivity contribution in [3.8, 4) is 0 Å². The van der Waals surface area contributed by atoms with E-state index in [0.717, 1.165) is 29.8 Å². The molecule has 16 heavy (non-hydrogen) atoms. The lowest BCUT2D eigenvalue weighted by Crippen LogP contribution is -2.16. The molecule has 0 spiro atoms. The molecular formula is C11H12ClN3S. The third-order valence-electron chi connectivity index (χ3n) is 2.35. The van der Waals surface area contributed by atoms with Gasteiger partial charge in [0.05, 0.1) is 11.7 Å². The minimum atomic E-state index is 0.465. The highest BCUT2D eigenvalue weighted by atomic mass is 35.5. The molecule has 0 saturated heterocycles. The Morgan fingerprint density at radius 2 is 1.94 bits per heavy atom. The Labute approximate surface area is 104 Å². The number of aryl methyl sites for hydroxylation is 1. The maximum atomic E-state index is 5.99. The van der Waals surface area contributed by atoms with E-state index in [9.17, 15) is 0 Å². The van der Waals surface area contributed by atoms with E-state index in [2.05, 4.69) is 46.9 Å². The number of rotatable bonds is 3. The van der Waals surface area contributed by atoms with Gasteiger partial charge < -0.3 is 4.90 Å². The highest BCUT2D eigenvalue weighted by molar-refractivity contribution is 6.99. The highest BCUT2D eigenvalue weighted by Crippen LogP contribution is 2.29. The van der Waals surface area contributed by atoms with Crippen LogP contribution >= 0.6 is 23.3 Å². The van der Waals surface area contributed by atoms with Crippen LogP contribution in [0.1, 0.15) is 12.5 Å². The van der Waals surface area contributed by atoms with E-state index >= 15 is 0 Å². The number of halogens is 1. The second kappa shape index (κ2) is 4.80. The van der Waals surface area contributed by atoms with Crippen LogP contribution in [0.2, 0.25) is 5.15 Å². The van der Waals surface area contributed by atoms with E-state index < -0.39 is 0 Å². The normalized spacial score (nSPS) is 10.4. The first-order valence-electron chi connectivity index (χ1n) is 5.04. The van der Waals surface area contributed by atoms with Gasteiger partial charge in [0.1, 0.15) is 0 Å². The summed E-state index contributed by atoms with van der Waals surface area (Å²) in [7, 11) is 0. The maximum Gasteiger partial charge on any atom is 0.187 e. The van der Waals surface area contributed by atoms with E-state index in [-0.39, 0.29) is 0 Å². The van der Waals surface area contributed by atoms with Crippen LogP contribution < -0.4 is 4.90 Å². The van der Waals surface area contributed by atoms with Crippen LogP contribution in [0.5, 0.6) is 0 Å². The lowest BCUT2D eigenvalue weighted by Gasteiger charge is -2.20. The lowest BCUT2D eigenvalue weighted by atomic mass is 10.2. The smallest absolute Gasteiger partial charge is 0.187 e. The molecule has 3 nitrogen and oxygen atoms in total. The molecule has 1 aromatic heterocycles. The summed E-state index contributed by atoms with van der Waals surface area (Å²) in [6, 6.07) is 8.28. The molecule has 1 heterocycles. The van der Waals surface area contributed by atoms with Gasteiger partial charge in [0.25, 0.3) is 0 Å². The zero-order chi connectivity index (χ0) is 11.5. The molecule has 0 atom stereocenters. The van der Waals surface area contributed by atoms with Crippen molar-refractivity contribution in [2.45, 2.75) is 13.8 Å². The van der Waals surface area contributed by atoms with Gasteiger partial charge in [-0.15, -0.1) is 0 Å². The van der Waals surface area contributed by atoms with Gasteiger partial charge in [-0.25, -0.2) is 0 Å². The first kappa shape index (κ1) is 11.4. The topological polar surface area (TPSA) is 29.0 Å². The van der Waals surface area contributed by atoms with Crippen LogP contribution in [0.25, 0.3) is 0 Å². The minimum absolute atomic E-state index is 0.465. The number of hydrogen-bond donors (Lipinski definition) is 0. The molecule has 1 aromatic carbocycles. The molecule has 0 unspecified atom stereocenters. The number of hydrogen-bond acceptors (Lipinski definition) is 4. The summed E-state index contributed by atoms with van der Waals surface area (Å²) in [4.78, 5) is 2.05. The summed E-state index contributed by atoms with van der Waals surface area (Å²) in [5.41, 5.74) is 2.32. The van der Waals surface area contributed by atoms with Crippen LogP contribution in [0.3, 0.4) is 0 Å². The zero-order valence-electron chi connectivity index (χ0n) is 9.14. The molecule has 0 radical (unpaired) electrons. The van der Waals surface area contributed by atoms with Gasteiger partial charge in [0, 0.05) is 12.2 Å². The molecule has 0 fully saturated rings. The molecule has 0 N–H and O–H groups in total. The number of nitrogens with zero attached hydrogens (tertiary/aromatic N) is 3. The minimum Gasteiger partial charge on any atom is -0.323 e. The van der Waals surface area contributed by atoms with Crippen molar-refractivity contribution in [1.29, 1.82) is 0 Å². The molecule has 2 aromatic rings. The van der Waals surface area contributed by atoms with Gasteiger partial charge in [-0.05, 0) is 26.0 Å². The first-order valence-corrected chi connectivity index (χ1v) is 6.15. The van der Waals surface area contributed by atoms with Gasteiger partial charge >= 0.3 is 0 Å². The van der Waals surface area contributed by atoms with E-state index in [1.165, 1.54) is 5.56 Å². The molecule has 5 heteroatoms. The fourth-order valence-corrected chi connectivity index (χ4v) is 2.26. The Morgan fingerprint density at radius 3 is 2.44 bits per heavy atom. The van der Waals surface area contributed by atoms with Gasteiger partial charge in [0.15, 0.2) is 11.0 Å². The molecule has 84 valence electrons. The van der Waals surface area contributed by atoms with Crippen LogP contribution in [-0.4, -0.2) is 15.3 Å². The predicted molar refractivity (Wildman–Crippen MR) is 68.8 cm³/mol. The SMILES string of the molecule is CCN(c1ccc(C)cc1)c1nsnc1Cl. The lowest BCUT2D eigenvalue weighted by molar-refractivity contribution is 1.00. The highest BCUT2D eigenvalue weighted by Gasteiger charge is 2.14. The summed E-state index contributed by atoms with van der Waals surface area (Å²) >= 11 is 7.12. The Kier molecular flexibility index (Phi) is 3.41. The summed E-state index contributed by atoms with van der Waals surface area (Å²) < 4.78 is 8.19. The van der Waals surface area contributed by atoms with Crippen molar-refractivity contribution in [3.05, 3.63) is 35.0 Å². The Balaban J connectivity index is 2.37. The summed E-state index contributed by atoms with van der Waals surface area (Å²) in [6.07, 6.45) is 0. The molecule has 0 bridgehead atoms. The standard InChI is InChI=1S/C11H12ClN3S/c1-3-15(11-10(12)13-16-14-11)9-6-4-8(2)5-7-9/h4-7H,3H2,1-2H3. The predicted octanol–water partition coefficient (Wildman–Crippen LogP) is 3.66. The fourth-order valence-electron chi connectivity index (χ4n) is 1.51. The zero-order valence-corrected chi connectivity index (χ0v) is 10.7. The monoisotopic (exact) mass is 253 g/mol. The number of aromatic nitrogens is 2. The Hall–Kier alpha value is -1.13.